The molecule has 0 aromatic carbocycles. The Balaban J connectivity index is 3.51. The van der Waals surface area contributed by atoms with E-state index in [4.69, 9.17) is 0 Å². The van der Waals surface area contributed by atoms with Crippen LogP contribution in [0.1, 0.15) is 40.0 Å². The van der Waals surface area contributed by atoms with E-state index in [1.165, 1.54) is 0 Å². The minimum absolute atomic E-state index is 0.0354. The second kappa shape index (κ2) is 5.75. The molecule has 0 bridgehead atoms. The molecule has 0 heterocycles. The molecule has 0 atom stereocenters. The zero-order chi connectivity index (χ0) is 9.56. The molecular weight excluding hydrogens is 154 g/mol. The van der Waals surface area contributed by atoms with Gasteiger partial charge in [-0.2, -0.15) is 0 Å². The lowest BCUT2D eigenvalue weighted by atomic mass is 10.2. The van der Waals surface area contributed by atoms with Crippen LogP contribution in [0.2, 0.25) is 0 Å². The van der Waals surface area contributed by atoms with Gasteiger partial charge in [0.25, 0.3) is 0 Å². The van der Waals surface area contributed by atoms with Crippen molar-refractivity contribution in [1.29, 1.82) is 0 Å². The molecule has 0 aliphatic heterocycles. The van der Waals surface area contributed by atoms with E-state index in [0.29, 0.717) is 19.3 Å². The van der Waals surface area contributed by atoms with Crippen molar-refractivity contribution in [2.75, 3.05) is 0 Å². The first kappa shape index (κ1) is 11.1. The summed E-state index contributed by atoms with van der Waals surface area (Å²) < 4.78 is 0. The van der Waals surface area contributed by atoms with Gasteiger partial charge in [-0.3, -0.25) is 9.59 Å². The normalized spacial score (nSPS) is 10.0. The second-order valence-corrected chi connectivity index (χ2v) is 3.11. The Kier molecular flexibility index (Phi) is 5.34. The molecule has 3 heteroatoms. The molecular formula is C9H17NO2. The molecule has 0 fully saturated rings. The third-order valence-corrected chi connectivity index (χ3v) is 1.47. The van der Waals surface area contributed by atoms with E-state index in [9.17, 15) is 9.59 Å². The van der Waals surface area contributed by atoms with Crippen molar-refractivity contribution in [1.82, 2.24) is 5.32 Å². The van der Waals surface area contributed by atoms with E-state index >= 15 is 0 Å². The lowest BCUT2D eigenvalue weighted by Crippen LogP contribution is -2.30. The molecule has 0 aromatic heterocycles. The highest BCUT2D eigenvalue weighted by Gasteiger charge is 2.05. The first-order valence-corrected chi connectivity index (χ1v) is 4.37. The summed E-state index contributed by atoms with van der Waals surface area (Å²) in [6.45, 7) is 5.61. The van der Waals surface area contributed by atoms with Crippen molar-refractivity contribution in [3.8, 4) is 0 Å². The molecule has 0 radical (unpaired) electrons. The smallest absolute Gasteiger partial charge is 0.220 e. The van der Waals surface area contributed by atoms with Gasteiger partial charge >= 0.3 is 0 Å². The molecule has 0 aliphatic carbocycles. The molecule has 1 N–H and O–H groups in total. The van der Waals surface area contributed by atoms with Gasteiger partial charge in [0.15, 0.2) is 0 Å². The van der Waals surface area contributed by atoms with Crippen LogP contribution in [-0.4, -0.2) is 17.7 Å². The number of carbonyl (C=O) groups excluding carboxylic acids is 2. The Bertz CT molecular complexity index is 164. The summed E-state index contributed by atoms with van der Waals surface area (Å²) in [6.07, 6.45) is 1.22. The number of carbonyl (C=O) groups is 2. The van der Waals surface area contributed by atoms with Crippen LogP contribution in [-0.2, 0) is 9.59 Å². The lowest BCUT2D eigenvalue weighted by molar-refractivity contribution is -0.125. The largest absolute Gasteiger partial charge is 0.354 e. The van der Waals surface area contributed by atoms with E-state index in [1.54, 1.807) is 0 Å². The van der Waals surface area contributed by atoms with Gasteiger partial charge in [-0.1, -0.05) is 6.92 Å². The highest BCUT2D eigenvalue weighted by atomic mass is 16.2. The van der Waals surface area contributed by atoms with Gasteiger partial charge in [-0.05, 0) is 13.8 Å². The Morgan fingerprint density at radius 3 is 2.25 bits per heavy atom. The topological polar surface area (TPSA) is 46.2 Å². The minimum atomic E-state index is -0.0354. The fourth-order valence-electron chi connectivity index (χ4n) is 0.824. The van der Waals surface area contributed by atoms with Crippen molar-refractivity contribution in [3.05, 3.63) is 0 Å². The Labute approximate surface area is 73.5 Å². The predicted octanol–water partition coefficient (Wildman–Crippen LogP) is 1.27. The molecule has 0 aromatic rings. The maximum Gasteiger partial charge on any atom is 0.220 e. The number of nitrogens with one attached hydrogen (secondary N) is 1. The molecule has 12 heavy (non-hydrogen) atoms. The van der Waals surface area contributed by atoms with Crippen molar-refractivity contribution in [3.63, 3.8) is 0 Å². The third kappa shape index (κ3) is 5.89. The summed E-state index contributed by atoms with van der Waals surface area (Å²) in [5.41, 5.74) is 0. The summed E-state index contributed by atoms with van der Waals surface area (Å²) in [5.74, 6) is 0.112. The molecule has 0 unspecified atom stereocenters. The Morgan fingerprint density at radius 2 is 1.83 bits per heavy atom. The molecule has 0 saturated carbocycles. The van der Waals surface area contributed by atoms with Gasteiger partial charge in [0.1, 0.15) is 5.78 Å². The second-order valence-electron chi connectivity index (χ2n) is 3.11. The maximum atomic E-state index is 11.0. The van der Waals surface area contributed by atoms with Crippen LogP contribution in [0.4, 0.5) is 0 Å². The standard InChI is InChI=1S/C9H17NO2/c1-4-8(11)5-6-9(12)10-7(2)3/h7H,4-6H2,1-3H3,(H,10,12). The SMILES string of the molecule is CCC(=O)CCC(=O)NC(C)C. The van der Waals surface area contributed by atoms with Crippen molar-refractivity contribution in [2.45, 2.75) is 46.1 Å². The highest BCUT2D eigenvalue weighted by Crippen LogP contribution is 1.94. The quantitative estimate of drug-likeness (QED) is 0.677. The number of hydrogen-bond acceptors (Lipinski definition) is 2. The minimum Gasteiger partial charge on any atom is -0.354 e. The van der Waals surface area contributed by atoms with Crippen molar-refractivity contribution >= 4 is 11.7 Å². The molecule has 3 nitrogen and oxygen atoms in total. The van der Waals surface area contributed by atoms with Crippen LogP contribution < -0.4 is 5.32 Å². The summed E-state index contributed by atoms with van der Waals surface area (Å²) in [4.78, 5) is 21.8. The van der Waals surface area contributed by atoms with Crippen LogP contribution in [0.15, 0.2) is 0 Å². The van der Waals surface area contributed by atoms with Gasteiger partial charge in [-0.25, -0.2) is 0 Å². The van der Waals surface area contributed by atoms with E-state index in [0.717, 1.165) is 0 Å². The maximum absolute atomic E-state index is 11.0. The average Bonchev–Trinajstić information content (AvgIpc) is 1.99. The van der Waals surface area contributed by atoms with Gasteiger partial charge in [0.2, 0.25) is 5.91 Å². The number of rotatable bonds is 5. The third-order valence-electron chi connectivity index (χ3n) is 1.47. The van der Waals surface area contributed by atoms with Crippen molar-refractivity contribution in [2.24, 2.45) is 0 Å². The van der Waals surface area contributed by atoms with Crippen LogP contribution in [0.3, 0.4) is 0 Å². The van der Waals surface area contributed by atoms with Crippen molar-refractivity contribution < 1.29 is 9.59 Å². The van der Waals surface area contributed by atoms with Gasteiger partial charge in [-0.15, -0.1) is 0 Å². The van der Waals surface area contributed by atoms with E-state index in [1.807, 2.05) is 20.8 Å². The summed E-state index contributed by atoms with van der Waals surface area (Å²) in [5, 5.41) is 2.73. The monoisotopic (exact) mass is 171 g/mol. The molecule has 70 valence electrons. The van der Waals surface area contributed by atoms with Gasteiger partial charge in [0, 0.05) is 25.3 Å². The lowest BCUT2D eigenvalue weighted by Gasteiger charge is -2.06. The molecule has 0 spiro atoms. The number of hydrogen-bond donors (Lipinski definition) is 1. The number of Topliss-reactive ketones (excluding diaryl/α,β-unsaturated/α-hetero) is 1. The van der Waals surface area contributed by atoms with Gasteiger partial charge in [0.05, 0.1) is 0 Å². The molecule has 0 rings (SSSR count). The summed E-state index contributed by atoms with van der Waals surface area (Å²) >= 11 is 0. The summed E-state index contributed by atoms with van der Waals surface area (Å²) in [6, 6.07) is 0.161. The van der Waals surface area contributed by atoms with E-state index < -0.39 is 0 Å². The van der Waals surface area contributed by atoms with Gasteiger partial charge < -0.3 is 5.32 Å². The Hall–Kier alpha value is -0.860. The highest BCUT2D eigenvalue weighted by molar-refractivity contribution is 5.84. The van der Waals surface area contributed by atoms with Crippen LogP contribution in [0, 0.1) is 0 Å². The fourth-order valence-corrected chi connectivity index (χ4v) is 0.824. The van der Waals surface area contributed by atoms with Crippen LogP contribution >= 0.6 is 0 Å². The number of amides is 1. The molecule has 0 aliphatic rings. The summed E-state index contributed by atoms with van der Waals surface area (Å²) in [7, 11) is 0. The van der Waals surface area contributed by atoms with E-state index in [-0.39, 0.29) is 17.7 Å². The number of ketones is 1. The first-order valence-electron chi connectivity index (χ1n) is 4.37. The molecule has 1 amide bonds. The fraction of sp³-hybridized carbons (Fsp3) is 0.778. The van der Waals surface area contributed by atoms with Crippen LogP contribution in [0.5, 0.6) is 0 Å². The zero-order valence-electron chi connectivity index (χ0n) is 8.02. The van der Waals surface area contributed by atoms with E-state index in [2.05, 4.69) is 5.32 Å². The predicted molar refractivity (Wildman–Crippen MR) is 47.8 cm³/mol. The van der Waals surface area contributed by atoms with Crippen LogP contribution in [0.25, 0.3) is 0 Å². The zero-order valence-corrected chi connectivity index (χ0v) is 8.02. The average molecular weight is 171 g/mol. The molecule has 0 saturated heterocycles. The Morgan fingerprint density at radius 1 is 1.25 bits per heavy atom. The first-order chi connectivity index (χ1) is 5.56.